The van der Waals surface area contributed by atoms with Gasteiger partial charge in [0.1, 0.15) is 0 Å². The lowest BCUT2D eigenvalue weighted by molar-refractivity contribution is -0.120. The number of hydrogen-bond acceptors (Lipinski definition) is 4. The Morgan fingerprint density at radius 3 is 2.65 bits per heavy atom. The highest BCUT2D eigenvalue weighted by atomic mass is 35.5. The number of likely N-dealkylation sites (tertiary alicyclic amines) is 1. The van der Waals surface area contributed by atoms with E-state index in [1.165, 1.54) is 0 Å². The van der Waals surface area contributed by atoms with Gasteiger partial charge in [-0.05, 0) is 30.5 Å². The summed E-state index contributed by atoms with van der Waals surface area (Å²) in [4.78, 5) is 13.3. The summed E-state index contributed by atoms with van der Waals surface area (Å²) in [6.07, 6.45) is 1.36. The minimum absolute atomic E-state index is 0.0269. The number of rotatable bonds is 7. The van der Waals surface area contributed by atoms with Gasteiger partial charge in [-0.25, -0.2) is 0 Å². The highest BCUT2D eigenvalue weighted by molar-refractivity contribution is 6.30. The van der Waals surface area contributed by atoms with Crippen LogP contribution in [0.15, 0.2) is 24.3 Å². The molecule has 128 valence electrons. The molecule has 1 aliphatic rings. The van der Waals surface area contributed by atoms with Gasteiger partial charge >= 0.3 is 0 Å². The van der Waals surface area contributed by atoms with Crippen LogP contribution in [0.2, 0.25) is 5.02 Å². The number of β-amino-alcohol motifs (C(OH)–C–C–N with tert-alkyl or cyclic N) is 1. The van der Waals surface area contributed by atoms with Gasteiger partial charge in [-0.1, -0.05) is 23.7 Å². The van der Waals surface area contributed by atoms with Crippen LogP contribution in [0.5, 0.6) is 0 Å². The number of amides is 1. The van der Waals surface area contributed by atoms with Gasteiger partial charge in [0.15, 0.2) is 0 Å². The number of aliphatic hydroxyl groups excluding tert-OH is 1. The summed E-state index contributed by atoms with van der Waals surface area (Å²) < 4.78 is 5.56. The van der Waals surface area contributed by atoms with Crippen LogP contribution in [0.1, 0.15) is 25.3 Å². The first-order chi connectivity index (χ1) is 11.0. The number of ether oxygens (including phenoxy) is 1. The molecule has 0 radical (unpaired) electrons. The Bertz CT molecular complexity index is 487. The lowest BCUT2D eigenvalue weighted by atomic mass is 10.0. The SMILES string of the molecule is CC(=O)NC1CCN(CC(O)COCc2ccc(Cl)cc2)CC1. The van der Waals surface area contributed by atoms with Crippen LogP contribution in [0.3, 0.4) is 0 Å². The highest BCUT2D eigenvalue weighted by Crippen LogP contribution is 2.12. The van der Waals surface area contributed by atoms with Gasteiger partial charge in [-0.2, -0.15) is 0 Å². The number of nitrogens with one attached hydrogen (secondary N) is 1. The predicted octanol–water partition coefficient (Wildman–Crippen LogP) is 1.82. The Morgan fingerprint density at radius 2 is 2.04 bits per heavy atom. The van der Waals surface area contributed by atoms with Crippen LogP contribution in [-0.2, 0) is 16.1 Å². The summed E-state index contributed by atoms with van der Waals surface area (Å²) in [5, 5.41) is 13.7. The van der Waals surface area contributed by atoms with Gasteiger partial charge in [0.25, 0.3) is 0 Å². The molecular weight excluding hydrogens is 316 g/mol. The largest absolute Gasteiger partial charge is 0.389 e. The molecule has 1 amide bonds. The van der Waals surface area contributed by atoms with E-state index in [1.54, 1.807) is 6.92 Å². The molecule has 2 N–H and O–H groups in total. The first-order valence-electron chi connectivity index (χ1n) is 8.02. The molecule has 0 spiro atoms. The molecule has 2 rings (SSSR count). The molecular formula is C17H25ClN2O3. The third-order valence-electron chi connectivity index (χ3n) is 3.96. The van der Waals surface area contributed by atoms with Crippen molar-refractivity contribution in [1.29, 1.82) is 0 Å². The Balaban J connectivity index is 1.61. The molecule has 1 fully saturated rings. The maximum Gasteiger partial charge on any atom is 0.217 e. The average Bonchev–Trinajstić information content (AvgIpc) is 2.51. The van der Waals surface area contributed by atoms with Gasteiger partial charge in [-0.3, -0.25) is 4.79 Å². The lowest BCUT2D eigenvalue weighted by Crippen LogP contribution is -2.46. The summed E-state index contributed by atoms with van der Waals surface area (Å²) >= 11 is 5.83. The summed E-state index contributed by atoms with van der Waals surface area (Å²) in [7, 11) is 0. The molecule has 1 aliphatic heterocycles. The topological polar surface area (TPSA) is 61.8 Å². The Labute approximate surface area is 142 Å². The quantitative estimate of drug-likeness (QED) is 0.795. The standard InChI is InChI=1S/C17H25ClN2O3/c1-13(21)19-16-6-8-20(9-7-16)10-17(22)12-23-11-14-2-4-15(18)5-3-14/h2-5,16-17,22H,6-12H2,1H3,(H,19,21). The number of halogens is 1. The van der Waals surface area contributed by atoms with E-state index < -0.39 is 6.10 Å². The molecule has 1 heterocycles. The fraction of sp³-hybridized carbons (Fsp3) is 0.588. The van der Waals surface area contributed by atoms with E-state index >= 15 is 0 Å². The van der Waals surface area contributed by atoms with Crippen molar-refractivity contribution in [2.75, 3.05) is 26.2 Å². The number of aliphatic hydroxyl groups is 1. The second-order valence-corrected chi connectivity index (χ2v) is 6.51. The fourth-order valence-corrected chi connectivity index (χ4v) is 2.92. The number of hydrogen-bond donors (Lipinski definition) is 2. The van der Waals surface area contributed by atoms with Gasteiger partial charge in [0, 0.05) is 37.6 Å². The van der Waals surface area contributed by atoms with E-state index in [-0.39, 0.29) is 11.9 Å². The second-order valence-electron chi connectivity index (χ2n) is 6.07. The third-order valence-corrected chi connectivity index (χ3v) is 4.21. The molecule has 0 aromatic heterocycles. The average molecular weight is 341 g/mol. The zero-order valence-electron chi connectivity index (χ0n) is 13.5. The van der Waals surface area contributed by atoms with E-state index in [9.17, 15) is 9.90 Å². The smallest absolute Gasteiger partial charge is 0.217 e. The number of carbonyl (C=O) groups is 1. The normalized spacial score (nSPS) is 17.9. The van der Waals surface area contributed by atoms with Gasteiger partial charge in [0.05, 0.1) is 19.3 Å². The van der Waals surface area contributed by atoms with E-state index in [2.05, 4.69) is 10.2 Å². The van der Waals surface area contributed by atoms with Crippen LogP contribution in [-0.4, -0.2) is 54.3 Å². The van der Waals surface area contributed by atoms with Crippen molar-refractivity contribution in [1.82, 2.24) is 10.2 Å². The molecule has 0 saturated carbocycles. The number of piperidine rings is 1. The van der Waals surface area contributed by atoms with E-state index in [1.807, 2.05) is 24.3 Å². The van der Waals surface area contributed by atoms with E-state index in [4.69, 9.17) is 16.3 Å². The highest BCUT2D eigenvalue weighted by Gasteiger charge is 2.21. The molecule has 23 heavy (non-hydrogen) atoms. The van der Waals surface area contributed by atoms with Crippen molar-refractivity contribution in [2.45, 2.75) is 38.5 Å². The summed E-state index contributed by atoms with van der Waals surface area (Å²) in [6.45, 7) is 4.72. The van der Waals surface area contributed by atoms with Crippen LogP contribution >= 0.6 is 11.6 Å². The first-order valence-corrected chi connectivity index (χ1v) is 8.40. The van der Waals surface area contributed by atoms with E-state index in [0.717, 1.165) is 31.5 Å². The monoisotopic (exact) mass is 340 g/mol. The molecule has 1 aromatic carbocycles. The van der Waals surface area contributed by atoms with Crippen molar-refractivity contribution >= 4 is 17.5 Å². The first kappa shape index (κ1) is 18.2. The van der Waals surface area contributed by atoms with Crippen molar-refractivity contribution in [3.05, 3.63) is 34.9 Å². The predicted molar refractivity (Wildman–Crippen MR) is 90.4 cm³/mol. The summed E-state index contributed by atoms with van der Waals surface area (Å²) in [5.41, 5.74) is 1.04. The molecule has 1 aromatic rings. The van der Waals surface area contributed by atoms with Crippen molar-refractivity contribution in [3.63, 3.8) is 0 Å². The number of benzene rings is 1. The van der Waals surface area contributed by atoms with Crippen LogP contribution in [0.4, 0.5) is 0 Å². The molecule has 1 unspecified atom stereocenters. The number of nitrogens with zero attached hydrogens (tertiary/aromatic N) is 1. The van der Waals surface area contributed by atoms with Crippen LogP contribution < -0.4 is 5.32 Å². The van der Waals surface area contributed by atoms with Gasteiger partial charge in [-0.15, -0.1) is 0 Å². The molecule has 1 saturated heterocycles. The maximum absolute atomic E-state index is 11.0. The Morgan fingerprint density at radius 1 is 1.39 bits per heavy atom. The molecule has 0 aliphatic carbocycles. The van der Waals surface area contributed by atoms with Crippen LogP contribution in [0, 0.1) is 0 Å². The van der Waals surface area contributed by atoms with Gasteiger partial charge < -0.3 is 20.1 Å². The molecule has 1 atom stereocenters. The Hall–Kier alpha value is -1.14. The van der Waals surface area contributed by atoms with Crippen LogP contribution in [0.25, 0.3) is 0 Å². The lowest BCUT2D eigenvalue weighted by Gasteiger charge is -2.33. The molecule has 5 nitrogen and oxygen atoms in total. The maximum atomic E-state index is 11.0. The zero-order valence-corrected chi connectivity index (χ0v) is 14.3. The molecule has 0 bridgehead atoms. The van der Waals surface area contributed by atoms with Crippen molar-refractivity contribution in [3.8, 4) is 0 Å². The Kier molecular flexibility index (Phi) is 7.30. The zero-order chi connectivity index (χ0) is 16.7. The van der Waals surface area contributed by atoms with Crippen molar-refractivity contribution < 1.29 is 14.6 Å². The third kappa shape index (κ3) is 6.87. The van der Waals surface area contributed by atoms with Gasteiger partial charge in [0.2, 0.25) is 5.91 Å². The summed E-state index contributed by atoms with van der Waals surface area (Å²) in [5.74, 6) is 0.0269. The van der Waals surface area contributed by atoms with E-state index in [0.29, 0.717) is 24.8 Å². The van der Waals surface area contributed by atoms with Crippen molar-refractivity contribution in [2.24, 2.45) is 0 Å². The fourth-order valence-electron chi connectivity index (χ4n) is 2.79. The summed E-state index contributed by atoms with van der Waals surface area (Å²) in [6, 6.07) is 7.76. The second kappa shape index (κ2) is 9.23. The minimum Gasteiger partial charge on any atom is -0.389 e. The number of carbonyl (C=O) groups excluding carboxylic acids is 1. The molecule has 6 heteroatoms. The minimum atomic E-state index is -0.500.